The predicted octanol–water partition coefficient (Wildman–Crippen LogP) is -0.541. The van der Waals surface area contributed by atoms with Crippen molar-refractivity contribution >= 4 is 23.5 Å². The van der Waals surface area contributed by atoms with Gasteiger partial charge in [0, 0.05) is 5.92 Å². The summed E-state index contributed by atoms with van der Waals surface area (Å²) >= 11 is 0. The highest BCUT2D eigenvalue weighted by atomic mass is 16.7. The third-order valence-electron chi connectivity index (χ3n) is 11.8. The third kappa shape index (κ3) is 2.20. The van der Waals surface area contributed by atoms with Gasteiger partial charge < -0.3 is 34.6 Å². The largest absolute Gasteiger partial charge is 0.458 e. The second-order valence-corrected chi connectivity index (χ2v) is 13.3. The summed E-state index contributed by atoms with van der Waals surface area (Å²) in [7, 11) is 0. The SMILES string of the molecule is C[C@]12CC(=O)O[C@H](C1)[C@]1(C)OC(=O)[C@@]3(O)CCC4C(CC(O)[C@@]5(O)CC=CC(=O)[C@]45C)[C@@]4(O)O[C@@]13C2C4=O. The molecule has 7 aliphatic rings. The van der Waals surface area contributed by atoms with Crippen LogP contribution in [0, 0.1) is 28.6 Å². The van der Waals surface area contributed by atoms with Crippen molar-refractivity contribution in [1.29, 1.82) is 0 Å². The summed E-state index contributed by atoms with van der Waals surface area (Å²) in [6.45, 7) is 4.64. The fourth-order valence-corrected chi connectivity index (χ4v) is 9.84. The summed E-state index contributed by atoms with van der Waals surface area (Å²) in [5.41, 5.74) is -11.0. The average Bonchev–Trinajstić information content (AvgIpc) is 3.18. The number of allylic oxidation sites excluding steroid dienone is 1. The van der Waals surface area contributed by atoms with Crippen LogP contribution in [0.3, 0.4) is 0 Å². The van der Waals surface area contributed by atoms with E-state index in [-0.39, 0.29) is 38.5 Å². The lowest BCUT2D eigenvalue weighted by Gasteiger charge is -2.62. The van der Waals surface area contributed by atoms with Gasteiger partial charge in [-0.3, -0.25) is 14.4 Å². The molecule has 4 bridgehead atoms. The minimum Gasteiger partial charge on any atom is -0.458 e. The minimum atomic E-state index is -2.64. The Morgan fingerprint density at radius 2 is 1.74 bits per heavy atom. The molecule has 1 spiro atoms. The van der Waals surface area contributed by atoms with E-state index in [4.69, 9.17) is 14.2 Å². The first kappa shape index (κ1) is 24.8. The van der Waals surface area contributed by atoms with E-state index in [0.29, 0.717) is 0 Å². The number of fused-ring (bicyclic) bond motifs is 9. The maximum absolute atomic E-state index is 14.5. The average molecular weight is 533 g/mol. The van der Waals surface area contributed by atoms with Gasteiger partial charge in [0.1, 0.15) is 11.7 Å². The molecule has 7 rings (SSSR count). The van der Waals surface area contributed by atoms with Crippen LogP contribution in [0.2, 0.25) is 0 Å². The number of carbonyl (C=O) groups is 4. The monoisotopic (exact) mass is 532 g/mol. The summed E-state index contributed by atoms with van der Waals surface area (Å²) in [5, 5.41) is 47.4. The number of Topliss-reactive ketones (excluding diaryl/α,β-unsaturated/α-hetero) is 1. The summed E-state index contributed by atoms with van der Waals surface area (Å²) in [4.78, 5) is 54.1. The van der Waals surface area contributed by atoms with Gasteiger partial charge in [-0.2, -0.15) is 0 Å². The summed E-state index contributed by atoms with van der Waals surface area (Å²) in [6.07, 6.45) is -0.389. The van der Waals surface area contributed by atoms with E-state index in [2.05, 4.69) is 0 Å². The van der Waals surface area contributed by atoms with Gasteiger partial charge in [0.25, 0.3) is 0 Å². The second-order valence-electron chi connectivity index (χ2n) is 13.3. The maximum Gasteiger partial charge on any atom is 0.342 e. The van der Waals surface area contributed by atoms with E-state index in [9.17, 15) is 39.6 Å². The molecule has 11 nitrogen and oxygen atoms in total. The highest BCUT2D eigenvalue weighted by Crippen LogP contribution is 2.73. The lowest BCUT2D eigenvalue weighted by Crippen LogP contribution is -2.77. The molecule has 4 unspecified atom stereocenters. The maximum atomic E-state index is 14.5. The molecule has 0 amide bonds. The van der Waals surface area contributed by atoms with E-state index >= 15 is 0 Å². The van der Waals surface area contributed by atoms with Crippen molar-refractivity contribution in [3.8, 4) is 0 Å². The lowest BCUT2D eigenvalue weighted by molar-refractivity contribution is -0.354. The zero-order valence-corrected chi connectivity index (χ0v) is 21.4. The number of ketones is 2. The molecule has 0 radical (unpaired) electrons. The van der Waals surface area contributed by atoms with Gasteiger partial charge in [-0.1, -0.05) is 13.0 Å². The Kier molecular flexibility index (Phi) is 4.30. The van der Waals surface area contributed by atoms with E-state index in [1.807, 2.05) is 0 Å². The molecule has 38 heavy (non-hydrogen) atoms. The Bertz CT molecular complexity index is 1260. The number of carbonyl (C=O) groups excluding carboxylic acids is 4. The summed E-state index contributed by atoms with van der Waals surface area (Å²) < 4.78 is 17.8. The van der Waals surface area contributed by atoms with E-state index in [1.54, 1.807) is 6.92 Å². The van der Waals surface area contributed by atoms with Gasteiger partial charge in [0.15, 0.2) is 28.4 Å². The zero-order valence-electron chi connectivity index (χ0n) is 21.4. The quantitative estimate of drug-likeness (QED) is 0.295. The van der Waals surface area contributed by atoms with Gasteiger partial charge in [-0.15, -0.1) is 0 Å². The van der Waals surface area contributed by atoms with Gasteiger partial charge in [0.05, 0.1) is 23.9 Å². The summed E-state index contributed by atoms with van der Waals surface area (Å²) in [5.74, 6) is -9.04. The molecular formula is C27H32O11. The normalized spacial score (nSPS) is 60.2. The lowest BCUT2D eigenvalue weighted by atomic mass is 9.47. The van der Waals surface area contributed by atoms with Gasteiger partial charge in [0.2, 0.25) is 5.79 Å². The summed E-state index contributed by atoms with van der Waals surface area (Å²) in [6, 6.07) is 0. The molecule has 0 aromatic heterocycles. The van der Waals surface area contributed by atoms with Crippen LogP contribution in [0.15, 0.2) is 12.2 Å². The molecule has 0 aromatic rings. The van der Waals surface area contributed by atoms with Crippen molar-refractivity contribution in [1.82, 2.24) is 0 Å². The molecule has 4 N–H and O–H groups in total. The van der Waals surface area contributed by atoms with Crippen LogP contribution in [-0.2, 0) is 33.4 Å². The van der Waals surface area contributed by atoms with Crippen LogP contribution in [0.1, 0.15) is 59.3 Å². The minimum absolute atomic E-state index is 0.0248. The standard InChI is InChI=1S/C27H32O11/c1-21-10-16(36-17(30)11-21)23(3)27-18(21)19(31)26(35,38-27)13-9-15(29)24(33)7-4-5-14(28)22(24,2)12(13)6-8-25(27,34)20(32)37-23/h4-5,12-13,15-16,18,29,33-35H,6-11H2,1-3H3/t12?,13?,15?,16-,18?,21-,22+,23+,24+,25+,26-,27+/m1/s1. The van der Waals surface area contributed by atoms with Crippen LogP contribution in [0.4, 0.5) is 0 Å². The van der Waals surface area contributed by atoms with E-state index in [1.165, 1.54) is 26.0 Å². The highest BCUT2D eigenvalue weighted by molar-refractivity contribution is 6.00. The highest BCUT2D eigenvalue weighted by Gasteiger charge is 2.91. The van der Waals surface area contributed by atoms with Crippen molar-refractivity contribution in [2.24, 2.45) is 28.6 Å². The Morgan fingerprint density at radius 1 is 1.03 bits per heavy atom. The zero-order chi connectivity index (χ0) is 27.5. The molecule has 206 valence electrons. The van der Waals surface area contributed by atoms with Crippen molar-refractivity contribution in [2.75, 3.05) is 0 Å². The van der Waals surface area contributed by atoms with Crippen LogP contribution in [0.5, 0.6) is 0 Å². The van der Waals surface area contributed by atoms with E-state index < -0.39 is 92.5 Å². The van der Waals surface area contributed by atoms with Crippen molar-refractivity contribution in [3.05, 3.63) is 12.2 Å². The van der Waals surface area contributed by atoms with Crippen LogP contribution >= 0.6 is 0 Å². The molecule has 4 saturated heterocycles. The molecule has 0 aromatic carbocycles. The Labute approximate surface area is 218 Å². The number of esters is 2. The van der Waals surface area contributed by atoms with Gasteiger partial charge >= 0.3 is 11.9 Å². The first-order valence-corrected chi connectivity index (χ1v) is 13.3. The molecule has 12 atom stereocenters. The van der Waals surface area contributed by atoms with Gasteiger partial charge in [-0.25, -0.2) is 4.79 Å². The third-order valence-corrected chi connectivity index (χ3v) is 11.8. The first-order valence-electron chi connectivity index (χ1n) is 13.3. The number of rotatable bonds is 0. The Balaban J connectivity index is 1.49. The Morgan fingerprint density at radius 3 is 2.45 bits per heavy atom. The fourth-order valence-electron chi connectivity index (χ4n) is 9.84. The number of aliphatic hydroxyl groups excluding tert-OH is 1. The molecule has 6 fully saturated rings. The van der Waals surface area contributed by atoms with Gasteiger partial charge in [-0.05, 0) is 63.4 Å². The molecule has 4 aliphatic heterocycles. The number of hydrogen-bond acceptors (Lipinski definition) is 11. The van der Waals surface area contributed by atoms with Crippen LogP contribution < -0.4 is 0 Å². The smallest absolute Gasteiger partial charge is 0.342 e. The number of ether oxygens (including phenoxy) is 3. The number of aliphatic hydroxyl groups is 4. The first-order chi connectivity index (χ1) is 17.6. The molecule has 4 heterocycles. The predicted molar refractivity (Wildman–Crippen MR) is 123 cm³/mol. The molecule has 2 saturated carbocycles. The Hall–Kier alpha value is -2.18. The fraction of sp³-hybridized carbons (Fsp3) is 0.778. The number of hydrogen-bond donors (Lipinski definition) is 4. The molecular weight excluding hydrogens is 500 g/mol. The molecule has 11 heteroatoms. The van der Waals surface area contributed by atoms with E-state index in [0.717, 1.165) is 0 Å². The second kappa shape index (κ2) is 6.58. The van der Waals surface area contributed by atoms with Crippen molar-refractivity contribution in [2.45, 2.75) is 99.7 Å². The molecule has 3 aliphatic carbocycles. The topological polar surface area (TPSA) is 177 Å². The van der Waals surface area contributed by atoms with Crippen molar-refractivity contribution < 1.29 is 53.8 Å². The van der Waals surface area contributed by atoms with Crippen LogP contribution in [-0.4, -0.2) is 84.3 Å². The van der Waals surface area contributed by atoms with Crippen LogP contribution in [0.25, 0.3) is 0 Å². The van der Waals surface area contributed by atoms with Crippen molar-refractivity contribution in [3.63, 3.8) is 0 Å².